The Labute approximate surface area is 85.4 Å². The highest BCUT2D eigenvalue weighted by atomic mass is 17.1. The monoisotopic (exact) mass is 204 g/mol. The van der Waals surface area contributed by atoms with Crippen molar-refractivity contribution in [3.63, 3.8) is 0 Å². The maximum absolute atomic E-state index is 8.70. The molecule has 1 unspecified atom stereocenters. The normalized spacial score (nSPS) is 15.1. The summed E-state index contributed by atoms with van der Waals surface area (Å²) >= 11 is 0. The molecule has 0 fully saturated rings. The van der Waals surface area contributed by atoms with Gasteiger partial charge in [-0.05, 0) is 20.3 Å². The quantitative estimate of drug-likeness (QED) is 0.216. The van der Waals surface area contributed by atoms with E-state index in [1.807, 2.05) is 6.92 Å². The topological polar surface area (TPSA) is 47.9 Å². The van der Waals surface area contributed by atoms with Crippen molar-refractivity contribution in [2.45, 2.75) is 32.5 Å². The third-order valence-electron chi connectivity index (χ3n) is 1.89. The van der Waals surface area contributed by atoms with E-state index in [9.17, 15) is 0 Å². The summed E-state index contributed by atoms with van der Waals surface area (Å²) in [6.45, 7) is 8.25. The molecule has 0 saturated carbocycles. The van der Waals surface area contributed by atoms with Crippen molar-refractivity contribution in [1.29, 1.82) is 0 Å². The maximum atomic E-state index is 8.70. The predicted molar refractivity (Wildman–Crippen MR) is 54.0 cm³/mol. The van der Waals surface area contributed by atoms with E-state index in [4.69, 9.17) is 14.7 Å². The fourth-order valence-electron chi connectivity index (χ4n) is 0.926. The number of hydrogen-bond donors (Lipinski definition) is 1. The van der Waals surface area contributed by atoms with E-state index in [0.29, 0.717) is 19.6 Å². The highest BCUT2D eigenvalue weighted by Crippen LogP contribution is 2.20. The smallest absolute Gasteiger partial charge is 0.198 e. The summed E-state index contributed by atoms with van der Waals surface area (Å²) in [7, 11) is 1.59. The van der Waals surface area contributed by atoms with Crippen molar-refractivity contribution in [2.24, 2.45) is 0 Å². The van der Waals surface area contributed by atoms with Crippen LogP contribution in [0.5, 0.6) is 0 Å². The molecular weight excluding hydrogens is 184 g/mol. The molecule has 0 radical (unpaired) electrons. The first kappa shape index (κ1) is 13.6. The minimum atomic E-state index is -0.961. The van der Waals surface area contributed by atoms with Crippen LogP contribution in [0, 0.1) is 0 Å². The van der Waals surface area contributed by atoms with E-state index in [1.54, 1.807) is 14.0 Å². The van der Waals surface area contributed by atoms with Gasteiger partial charge < -0.3 is 9.47 Å². The lowest BCUT2D eigenvalue weighted by molar-refractivity contribution is -0.400. The SMILES string of the molecule is C=C(C)CCC(C)(OO)OCCOC. The predicted octanol–water partition coefficient (Wildman–Crippen LogP) is 2.21. The Balaban J connectivity index is 3.84. The Morgan fingerprint density at radius 2 is 2.07 bits per heavy atom. The maximum Gasteiger partial charge on any atom is 0.198 e. The van der Waals surface area contributed by atoms with Crippen LogP contribution in [0.15, 0.2) is 12.2 Å². The van der Waals surface area contributed by atoms with Crippen molar-refractivity contribution in [3.05, 3.63) is 12.2 Å². The molecule has 0 bridgehead atoms. The molecule has 4 heteroatoms. The van der Waals surface area contributed by atoms with Gasteiger partial charge in [-0.1, -0.05) is 5.57 Å². The molecule has 1 N–H and O–H groups in total. The lowest BCUT2D eigenvalue weighted by Crippen LogP contribution is -2.32. The lowest BCUT2D eigenvalue weighted by Gasteiger charge is -2.26. The van der Waals surface area contributed by atoms with E-state index in [-0.39, 0.29) is 0 Å². The van der Waals surface area contributed by atoms with Crippen LogP contribution >= 0.6 is 0 Å². The number of allylic oxidation sites excluding steroid dienone is 1. The van der Waals surface area contributed by atoms with Gasteiger partial charge in [0.1, 0.15) is 0 Å². The lowest BCUT2D eigenvalue weighted by atomic mass is 10.1. The Kier molecular flexibility index (Phi) is 6.74. The van der Waals surface area contributed by atoms with E-state index in [0.717, 1.165) is 12.0 Å². The van der Waals surface area contributed by atoms with Gasteiger partial charge in [0, 0.05) is 13.5 Å². The van der Waals surface area contributed by atoms with Crippen molar-refractivity contribution in [3.8, 4) is 0 Å². The molecule has 0 aliphatic carbocycles. The van der Waals surface area contributed by atoms with Crippen LogP contribution in [0.2, 0.25) is 0 Å². The average Bonchev–Trinajstić information content (AvgIpc) is 2.15. The first-order chi connectivity index (χ1) is 6.54. The first-order valence-electron chi connectivity index (χ1n) is 4.64. The molecule has 0 aromatic rings. The highest BCUT2D eigenvalue weighted by molar-refractivity contribution is 4.89. The number of hydrogen-bond acceptors (Lipinski definition) is 4. The molecule has 0 aliphatic rings. The van der Waals surface area contributed by atoms with Crippen LogP contribution in [0.1, 0.15) is 26.7 Å². The molecule has 0 aromatic heterocycles. The van der Waals surface area contributed by atoms with E-state index in [2.05, 4.69) is 11.5 Å². The second-order valence-electron chi connectivity index (χ2n) is 3.52. The number of ether oxygens (including phenoxy) is 2. The van der Waals surface area contributed by atoms with Crippen LogP contribution in [0.3, 0.4) is 0 Å². The van der Waals surface area contributed by atoms with Crippen molar-refractivity contribution in [2.75, 3.05) is 20.3 Å². The number of methoxy groups -OCH3 is 1. The third-order valence-corrected chi connectivity index (χ3v) is 1.89. The second kappa shape index (κ2) is 6.95. The minimum Gasteiger partial charge on any atom is -0.382 e. The van der Waals surface area contributed by atoms with Gasteiger partial charge in [-0.25, -0.2) is 10.1 Å². The molecule has 0 saturated heterocycles. The van der Waals surface area contributed by atoms with Gasteiger partial charge in [-0.15, -0.1) is 6.58 Å². The molecular formula is C10H20O4. The van der Waals surface area contributed by atoms with E-state index < -0.39 is 5.79 Å². The molecule has 14 heavy (non-hydrogen) atoms. The van der Waals surface area contributed by atoms with E-state index >= 15 is 0 Å². The molecule has 0 aliphatic heterocycles. The largest absolute Gasteiger partial charge is 0.382 e. The highest BCUT2D eigenvalue weighted by Gasteiger charge is 2.25. The summed E-state index contributed by atoms with van der Waals surface area (Å²) in [4.78, 5) is 4.32. The Hall–Kier alpha value is -0.420. The number of rotatable bonds is 8. The standard InChI is InChI=1S/C10H20O4/c1-9(2)5-6-10(3,14-11)13-8-7-12-4/h11H,1,5-8H2,2-4H3. The summed E-state index contributed by atoms with van der Waals surface area (Å²) in [5.41, 5.74) is 1.03. The zero-order chi connectivity index (χ0) is 11.0. The van der Waals surface area contributed by atoms with Gasteiger partial charge in [-0.2, -0.15) is 0 Å². The molecule has 1 atom stereocenters. The molecule has 0 spiro atoms. The van der Waals surface area contributed by atoms with Gasteiger partial charge in [-0.3, -0.25) is 0 Å². The second-order valence-corrected chi connectivity index (χ2v) is 3.52. The van der Waals surface area contributed by atoms with Gasteiger partial charge in [0.2, 0.25) is 0 Å². The Bertz CT molecular complexity index is 170. The molecule has 4 nitrogen and oxygen atoms in total. The molecule has 0 amide bonds. The van der Waals surface area contributed by atoms with Gasteiger partial charge >= 0.3 is 0 Å². The fourth-order valence-corrected chi connectivity index (χ4v) is 0.926. The Morgan fingerprint density at radius 3 is 2.50 bits per heavy atom. The average molecular weight is 204 g/mol. The molecule has 84 valence electrons. The summed E-state index contributed by atoms with van der Waals surface area (Å²) in [6.07, 6.45) is 1.33. The van der Waals surface area contributed by atoms with Gasteiger partial charge in [0.05, 0.1) is 13.2 Å². The third kappa shape index (κ3) is 6.10. The van der Waals surface area contributed by atoms with Crippen molar-refractivity contribution < 1.29 is 19.6 Å². The zero-order valence-corrected chi connectivity index (χ0v) is 9.21. The Morgan fingerprint density at radius 1 is 1.43 bits per heavy atom. The fraction of sp³-hybridized carbons (Fsp3) is 0.800. The van der Waals surface area contributed by atoms with Gasteiger partial charge in [0.15, 0.2) is 5.79 Å². The van der Waals surface area contributed by atoms with Crippen LogP contribution in [-0.4, -0.2) is 31.4 Å². The molecule has 0 heterocycles. The molecule has 0 rings (SSSR count). The van der Waals surface area contributed by atoms with Crippen molar-refractivity contribution in [1.82, 2.24) is 0 Å². The van der Waals surface area contributed by atoms with Crippen LogP contribution < -0.4 is 0 Å². The van der Waals surface area contributed by atoms with Crippen LogP contribution in [0.25, 0.3) is 0 Å². The summed E-state index contributed by atoms with van der Waals surface area (Å²) < 4.78 is 10.2. The molecule has 0 aromatic carbocycles. The summed E-state index contributed by atoms with van der Waals surface area (Å²) in [6, 6.07) is 0. The van der Waals surface area contributed by atoms with Crippen LogP contribution in [0.4, 0.5) is 0 Å². The van der Waals surface area contributed by atoms with E-state index in [1.165, 1.54) is 0 Å². The van der Waals surface area contributed by atoms with Crippen molar-refractivity contribution >= 4 is 0 Å². The first-order valence-corrected chi connectivity index (χ1v) is 4.64. The van der Waals surface area contributed by atoms with Gasteiger partial charge in [0.25, 0.3) is 0 Å². The van der Waals surface area contributed by atoms with Crippen LogP contribution in [-0.2, 0) is 14.4 Å². The summed E-state index contributed by atoms with van der Waals surface area (Å²) in [5, 5.41) is 8.70. The minimum absolute atomic E-state index is 0.393. The zero-order valence-electron chi connectivity index (χ0n) is 9.21. The summed E-state index contributed by atoms with van der Waals surface area (Å²) in [5.74, 6) is -0.961.